The zero-order valence-corrected chi connectivity index (χ0v) is 24.8. The van der Waals surface area contributed by atoms with Gasteiger partial charge in [0.1, 0.15) is 5.78 Å². The molecule has 4 nitrogen and oxygen atoms in total. The van der Waals surface area contributed by atoms with Crippen LogP contribution in [0.5, 0.6) is 0 Å². The molecule has 1 aliphatic carbocycles. The Hall–Kier alpha value is -1.98. The van der Waals surface area contributed by atoms with Crippen molar-refractivity contribution in [1.82, 2.24) is 0 Å². The first kappa shape index (κ1) is 30.2. The maximum Gasteiger partial charge on any atom is 0.306 e. The minimum Gasteiger partial charge on any atom is -0.463 e. The summed E-state index contributed by atoms with van der Waals surface area (Å²) in [5, 5.41) is 0.0877. The number of ether oxygens (including phenoxy) is 1. The average molecular weight is 513 g/mol. The lowest BCUT2D eigenvalue weighted by molar-refractivity contribution is -0.147. The minimum absolute atomic E-state index is 0.0665. The van der Waals surface area contributed by atoms with Gasteiger partial charge in [-0.2, -0.15) is 0 Å². The molecule has 0 unspecified atom stereocenters. The Labute approximate surface area is 220 Å². The number of carbonyl (C=O) groups is 2. The van der Waals surface area contributed by atoms with E-state index in [1.54, 1.807) is 0 Å². The minimum atomic E-state index is -2.03. The molecule has 3 atom stereocenters. The summed E-state index contributed by atoms with van der Waals surface area (Å²) in [7, 11) is -2.03. The summed E-state index contributed by atoms with van der Waals surface area (Å²) < 4.78 is 12.1. The molecule has 1 aliphatic rings. The highest BCUT2D eigenvalue weighted by Gasteiger charge is 2.44. The highest BCUT2D eigenvalue weighted by atomic mass is 28.4. The summed E-state index contributed by atoms with van der Waals surface area (Å²) in [6, 6.07) is 8.50. The zero-order chi connectivity index (χ0) is 26.9. The van der Waals surface area contributed by atoms with Crippen LogP contribution in [0.1, 0.15) is 84.3 Å². The fraction of sp³-hybridized carbons (Fsp3) is 0.613. The smallest absolute Gasteiger partial charge is 0.306 e. The standard InChI is InChI=1S/C31H48O4Si/c1-23(2)34-30(33)17-12-10-9-11-16-26-21-27(32)22-29(35-36(7,8)31(4,5)6)28(26)19-18-25-15-13-14-24(3)20-25/h9,11,13-15,18-20,23,26,28-29H,10,12,16-17,21-22H2,1-8H3/b11-9-,19-18+/t26-,28+,29+/m0/s1. The van der Waals surface area contributed by atoms with E-state index in [1.807, 2.05) is 13.8 Å². The van der Waals surface area contributed by atoms with Crippen molar-refractivity contribution < 1.29 is 18.8 Å². The third kappa shape index (κ3) is 9.82. The van der Waals surface area contributed by atoms with Crippen LogP contribution in [0.4, 0.5) is 0 Å². The van der Waals surface area contributed by atoms with Crippen molar-refractivity contribution in [2.75, 3.05) is 0 Å². The topological polar surface area (TPSA) is 52.6 Å². The molecule has 0 bridgehead atoms. The summed E-state index contributed by atoms with van der Waals surface area (Å²) in [6.45, 7) is 17.1. The van der Waals surface area contributed by atoms with Gasteiger partial charge < -0.3 is 9.16 Å². The number of unbranched alkanes of at least 4 members (excludes halogenated alkanes) is 1. The number of ketones is 1. The second-order valence-corrected chi connectivity index (χ2v) is 16.9. The quantitative estimate of drug-likeness (QED) is 0.130. The molecule has 0 amide bonds. The zero-order valence-electron chi connectivity index (χ0n) is 23.8. The maximum absolute atomic E-state index is 12.8. The maximum atomic E-state index is 12.8. The lowest BCUT2D eigenvalue weighted by Gasteiger charge is -2.44. The predicted molar refractivity (Wildman–Crippen MR) is 152 cm³/mol. The van der Waals surface area contributed by atoms with Crippen LogP contribution in [0.15, 0.2) is 42.5 Å². The molecule has 0 radical (unpaired) electrons. The number of Topliss-reactive ketones (excluding diaryl/α,β-unsaturated/α-hetero) is 1. The molecule has 0 aromatic heterocycles. The molecule has 1 fully saturated rings. The van der Waals surface area contributed by atoms with Gasteiger partial charge in [0, 0.05) is 25.2 Å². The van der Waals surface area contributed by atoms with Crippen molar-refractivity contribution in [2.24, 2.45) is 11.8 Å². The van der Waals surface area contributed by atoms with E-state index in [-0.39, 0.29) is 35.1 Å². The molecule has 0 spiro atoms. The van der Waals surface area contributed by atoms with Crippen LogP contribution in [0.3, 0.4) is 0 Å². The van der Waals surface area contributed by atoms with Crippen molar-refractivity contribution in [3.05, 3.63) is 53.6 Å². The second kappa shape index (κ2) is 13.5. The van der Waals surface area contributed by atoms with E-state index in [0.29, 0.717) is 25.0 Å². The summed E-state index contributed by atoms with van der Waals surface area (Å²) in [4.78, 5) is 24.6. The number of rotatable bonds is 11. The first-order valence-electron chi connectivity index (χ1n) is 13.6. The van der Waals surface area contributed by atoms with E-state index >= 15 is 0 Å². The number of hydrogen-bond acceptors (Lipinski definition) is 4. The van der Waals surface area contributed by atoms with Gasteiger partial charge in [-0.1, -0.05) is 74.9 Å². The van der Waals surface area contributed by atoms with Crippen LogP contribution >= 0.6 is 0 Å². The number of benzene rings is 1. The summed E-state index contributed by atoms with van der Waals surface area (Å²) in [6.07, 6.45) is 12.6. The number of allylic oxidation sites excluding steroid dienone is 2. The third-order valence-corrected chi connectivity index (χ3v) is 11.9. The number of esters is 1. The molecule has 0 aliphatic heterocycles. The average Bonchev–Trinajstić information content (AvgIpc) is 2.74. The molecule has 0 heterocycles. The first-order chi connectivity index (χ1) is 16.8. The molecule has 1 aromatic rings. The fourth-order valence-electron chi connectivity index (χ4n) is 4.44. The Kier molecular flexibility index (Phi) is 11.4. The van der Waals surface area contributed by atoms with Gasteiger partial charge in [-0.05, 0) is 69.6 Å². The van der Waals surface area contributed by atoms with Crippen LogP contribution < -0.4 is 0 Å². The van der Waals surface area contributed by atoms with E-state index < -0.39 is 8.32 Å². The van der Waals surface area contributed by atoms with Gasteiger partial charge in [0.15, 0.2) is 8.32 Å². The number of hydrogen-bond donors (Lipinski definition) is 0. The highest BCUT2D eigenvalue weighted by Crippen LogP contribution is 2.42. The monoisotopic (exact) mass is 512 g/mol. The van der Waals surface area contributed by atoms with Crippen molar-refractivity contribution in [3.8, 4) is 0 Å². The second-order valence-electron chi connectivity index (χ2n) is 12.1. The van der Waals surface area contributed by atoms with Gasteiger partial charge in [0.25, 0.3) is 0 Å². The Bertz CT molecular complexity index is 923. The molecule has 2 rings (SSSR count). The van der Waals surface area contributed by atoms with E-state index in [0.717, 1.165) is 19.3 Å². The van der Waals surface area contributed by atoms with Gasteiger partial charge in [-0.15, -0.1) is 0 Å². The normalized spacial score (nSPS) is 21.6. The molecule has 1 saturated carbocycles. The van der Waals surface area contributed by atoms with E-state index in [1.165, 1.54) is 11.1 Å². The molecule has 36 heavy (non-hydrogen) atoms. The largest absolute Gasteiger partial charge is 0.463 e. The molecule has 200 valence electrons. The van der Waals surface area contributed by atoms with Crippen molar-refractivity contribution in [2.45, 2.75) is 110 Å². The van der Waals surface area contributed by atoms with Crippen molar-refractivity contribution in [3.63, 3.8) is 0 Å². The Morgan fingerprint density at radius 2 is 1.89 bits per heavy atom. The molecule has 5 heteroatoms. The van der Waals surface area contributed by atoms with Gasteiger partial charge in [-0.3, -0.25) is 9.59 Å². The first-order valence-corrected chi connectivity index (χ1v) is 16.5. The highest BCUT2D eigenvalue weighted by molar-refractivity contribution is 6.74. The van der Waals surface area contributed by atoms with Gasteiger partial charge in [-0.25, -0.2) is 0 Å². The summed E-state index contributed by atoms with van der Waals surface area (Å²) in [5.74, 6) is 0.559. The molecular weight excluding hydrogens is 464 g/mol. The predicted octanol–water partition coefficient (Wildman–Crippen LogP) is 8.06. The summed E-state index contributed by atoms with van der Waals surface area (Å²) in [5.41, 5.74) is 2.42. The Balaban J connectivity index is 2.14. The Morgan fingerprint density at radius 3 is 2.53 bits per heavy atom. The molecule has 1 aromatic carbocycles. The molecule has 0 N–H and O–H groups in total. The van der Waals surface area contributed by atoms with E-state index in [9.17, 15) is 9.59 Å². The molecule has 0 saturated heterocycles. The third-order valence-electron chi connectivity index (χ3n) is 7.42. The van der Waals surface area contributed by atoms with Crippen LogP contribution in [-0.2, 0) is 18.8 Å². The van der Waals surface area contributed by atoms with Gasteiger partial charge in [0.05, 0.1) is 12.2 Å². The van der Waals surface area contributed by atoms with Gasteiger partial charge >= 0.3 is 5.97 Å². The lowest BCUT2D eigenvalue weighted by atomic mass is 9.74. The van der Waals surface area contributed by atoms with Crippen LogP contribution in [0, 0.1) is 18.8 Å². The van der Waals surface area contributed by atoms with Crippen LogP contribution in [0.25, 0.3) is 6.08 Å². The van der Waals surface area contributed by atoms with Gasteiger partial charge in [0.2, 0.25) is 0 Å². The van der Waals surface area contributed by atoms with E-state index in [2.05, 4.69) is 89.4 Å². The molecular formula is C31H48O4Si. The van der Waals surface area contributed by atoms with Crippen molar-refractivity contribution in [1.29, 1.82) is 0 Å². The van der Waals surface area contributed by atoms with Crippen molar-refractivity contribution >= 4 is 26.1 Å². The van der Waals surface area contributed by atoms with E-state index in [4.69, 9.17) is 9.16 Å². The lowest BCUT2D eigenvalue weighted by Crippen LogP contribution is -2.49. The SMILES string of the molecule is Cc1cccc(/C=C/[C@@H]2[C@@H](C/C=C\CCCC(=O)OC(C)C)CC(=O)C[C@H]2O[Si](C)(C)C(C)(C)C)c1. The Morgan fingerprint density at radius 1 is 1.17 bits per heavy atom. The van der Waals surface area contributed by atoms with Crippen LogP contribution in [0.2, 0.25) is 18.1 Å². The number of aryl methyl sites for hydroxylation is 1. The summed E-state index contributed by atoms with van der Waals surface area (Å²) >= 11 is 0. The number of carbonyl (C=O) groups excluding carboxylic acids is 2. The fourth-order valence-corrected chi connectivity index (χ4v) is 5.79. The van der Waals surface area contributed by atoms with Crippen LogP contribution in [-0.4, -0.2) is 32.3 Å².